The van der Waals surface area contributed by atoms with Gasteiger partial charge in [-0.05, 0) is 29.5 Å². The second-order valence-electron chi connectivity index (χ2n) is 5.74. The lowest BCUT2D eigenvalue weighted by molar-refractivity contribution is 0.0926. The summed E-state index contributed by atoms with van der Waals surface area (Å²) in [7, 11) is 1.40. The van der Waals surface area contributed by atoms with Crippen molar-refractivity contribution in [1.29, 1.82) is 0 Å². The molecule has 2 nitrogen and oxygen atoms in total. The Morgan fingerprint density at radius 3 is 2.44 bits per heavy atom. The largest absolute Gasteiger partial charge is 0.494 e. The van der Waals surface area contributed by atoms with Crippen LogP contribution in [0, 0.1) is 17.2 Å². The van der Waals surface area contributed by atoms with Crippen molar-refractivity contribution in [2.75, 3.05) is 7.11 Å². The molecule has 0 aliphatic rings. The molecular formula is C15H21FO2. The van der Waals surface area contributed by atoms with E-state index in [0.29, 0.717) is 12.0 Å². The van der Waals surface area contributed by atoms with Crippen LogP contribution in [0.15, 0.2) is 18.2 Å². The van der Waals surface area contributed by atoms with E-state index in [9.17, 15) is 9.18 Å². The lowest BCUT2D eigenvalue weighted by atomic mass is 9.78. The van der Waals surface area contributed by atoms with Gasteiger partial charge in [0.25, 0.3) is 0 Å². The Bertz CT molecular complexity index is 433. The summed E-state index contributed by atoms with van der Waals surface area (Å²) in [5, 5.41) is 0. The first-order chi connectivity index (χ1) is 8.25. The number of hydrogen-bond acceptors (Lipinski definition) is 2. The summed E-state index contributed by atoms with van der Waals surface area (Å²) in [5.74, 6) is -0.115. The third kappa shape index (κ3) is 3.56. The quantitative estimate of drug-likeness (QED) is 0.754. The highest BCUT2D eigenvalue weighted by Crippen LogP contribution is 2.29. The van der Waals surface area contributed by atoms with Gasteiger partial charge in [0, 0.05) is 12.0 Å². The van der Waals surface area contributed by atoms with E-state index in [-0.39, 0.29) is 22.9 Å². The summed E-state index contributed by atoms with van der Waals surface area (Å²) in [6, 6.07) is 4.35. The molecule has 1 unspecified atom stereocenters. The van der Waals surface area contributed by atoms with E-state index in [2.05, 4.69) is 20.8 Å². The number of ketones is 1. The van der Waals surface area contributed by atoms with E-state index >= 15 is 0 Å². The van der Waals surface area contributed by atoms with E-state index in [4.69, 9.17) is 4.74 Å². The molecule has 0 radical (unpaired) electrons. The van der Waals surface area contributed by atoms with Crippen LogP contribution >= 0.6 is 0 Å². The summed E-state index contributed by atoms with van der Waals surface area (Å²) in [4.78, 5) is 12.0. The number of benzene rings is 1. The topological polar surface area (TPSA) is 26.3 Å². The number of ether oxygens (including phenoxy) is 1. The number of carbonyl (C=O) groups excluding carboxylic acids is 1. The highest BCUT2D eigenvalue weighted by Gasteiger charge is 2.23. The summed E-state index contributed by atoms with van der Waals surface area (Å²) in [6.45, 7) is 8.33. The molecule has 0 bridgehead atoms. The molecule has 0 saturated heterocycles. The SMILES string of the molecule is COc1ccc(C(=O)CC(C)C(C)(C)C)cc1F. The van der Waals surface area contributed by atoms with Crippen molar-refractivity contribution in [2.24, 2.45) is 11.3 Å². The standard InChI is InChI=1S/C15H21FO2/c1-10(15(2,3)4)8-13(17)11-6-7-14(18-5)12(16)9-11/h6-7,9-10H,8H2,1-5H3. The molecule has 0 fully saturated rings. The maximum atomic E-state index is 13.5. The van der Waals surface area contributed by atoms with Gasteiger partial charge in [-0.25, -0.2) is 4.39 Å². The van der Waals surface area contributed by atoms with Crippen LogP contribution < -0.4 is 4.74 Å². The minimum atomic E-state index is -0.494. The van der Waals surface area contributed by atoms with Gasteiger partial charge in [0.05, 0.1) is 7.11 Å². The van der Waals surface area contributed by atoms with Crippen molar-refractivity contribution >= 4 is 5.78 Å². The molecule has 1 atom stereocenters. The molecule has 0 N–H and O–H groups in total. The van der Waals surface area contributed by atoms with Gasteiger partial charge in [0.2, 0.25) is 0 Å². The van der Waals surface area contributed by atoms with E-state index in [1.165, 1.54) is 19.2 Å². The molecule has 0 saturated carbocycles. The van der Waals surface area contributed by atoms with Crippen LogP contribution in [0.3, 0.4) is 0 Å². The zero-order chi connectivity index (χ0) is 13.9. The van der Waals surface area contributed by atoms with Gasteiger partial charge in [0.15, 0.2) is 17.3 Å². The Morgan fingerprint density at radius 2 is 2.00 bits per heavy atom. The Labute approximate surface area is 108 Å². The number of methoxy groups -OCH3 is 1. The first-order valence-electron chi connectivity index (χ1n) is 6.12. The fourth-order valence-corrected chi connectivity index (χ4v) is 1.54. The molecule has 18 heavy (non-hydrogen) atoms. The fourth-order valence-electron chi connectivity index (χ4n) is 1.54. The first-order valence-corrected chi connectivity index (χ1v) is 6.12. The number of halogens is 1. The van der Waals surface area contributed by atoms with Crippen molar-refractivity contribution in [3.63, 3.8) is 0 Å². The van der Waals surface area contributed by atoms with Crippen LogP contribution in [0.4, 0.5) is 4.39 Å². The van der Waals surface area contributed by atoms with Crippen molar-refractivity contribution in [3.05, 3.63) is 29.6 Å². The molecule has 0 aromatic heterocycles. The maximum Gasteiger partial charge on any atom is 0.165 e. The Balaban J connectivity index is 2.82. The van der Waals surface area contributed by atoms with Gasteiger partial charge in [-0.1, -0.05) is 27.7 Å². The second-order valence-corrected chi connectivity index (χ2v) is 5.74. The van der Waals surface area contributed by atoms with Crippen LogP contribution in [-0.4, -0.2) is 12.9 Å². The van der Waals surface area contributed by atoms with Crippen molar-refractivity contribution in [3.8, 4) is 5.75 Å². The van der Waals surface area contributed by atoms with Crippen molar-refractivity contribution in [1.82, 2.24) is 0 Å². The molecule has 0 aliphatic carbocycles. The number of carbonyl (C=O) groups is 1. The average molecular weight is 252 g/mol. The highest BCUT2D eigenvalue weighted by atomic mass is 19.1. The van der Waals surface area contributed by atoms with E-state index in [1.54, 1.807) is 6.07 Å². The number of Topliss-reactive ketones (excluding diaryl/α,β-unsaturated/α-hetero) is 1. The average Bonchev–Trinajstić information content (AvgIpc) is 2.27. The lowest BCUT2D eigenvalue weighted by Gasteiger charge is -2.26. The summed E-state index contributed by atoms with van der Waals surface area (Å²) in [5.41, 5.74) is 0.477. The summed E-state index contributed by atoms with van der Waals surface area (Å²) in [6.07, 6.45) is 0.426. The third-order valence-corrected chi connectivity index (χ3v) is 3.44. The van der Waals surface area contributed by atoms with Gasteiger partial charge >= 0.3 is 0 Å². The second kappa shape index (κ2) is 5.51. The lowest BCUT2D eigenvalue weighted by Crippen LogP contribution is -2.20. The van der Waals surface area contributed by atoms with Crippen LogP contribution in [0.5, 0.6) is 5.75 Å². The Hall–Kier alpha value is -1.38. The van der Waals surface area contributed by atoms with Crippen LogP contribution in [0.1, 0.15) is 44.5 Å². The van der Waals surface area contributed by atoms with E-state index < -0.39 is 5.82 Å². The van der Waals surface area contributed by atoms with Crippen LogP contribution in [-0.2, 0) is 0 Å². The maximum absolute atomic E-state index is 13.5. The molecule has 3 heteroatoms. The summed E-state index contributed by atoms with van der Waals surface area (Å²) >= 11 is 0. The number of rotatable bonds is 4. The first kappa shape index (κ1) is 14.7. The fraction of sp³-hybridized carbons (Fsp3) is 0.533. The molecule has 1 aromatic carbocycles. The normalized spacial score (nSPS) is 13.2. The predicted molar refractivity (Wildman–Crippen MR) is 70.5 cm³/mol. The summed E-state index contributed by atoms with van der Waals surface area (Å²) < 4.78 is 18.3. The van der Waals surface area contributed by atoms with Gasteiger partial charge in [0.1, 0.15) is 0 Å². The highest BCUT2D eigenvalue weighted by molar-refractivity contribution is 5.96. The smallest absolute Gasteiger partial charge is 0.165 e. The minimum Gasteiger partial charge on any atom is -0.494 e. The minimum absolute atomic E-state index is 0.0287. The molecule has 0 amide bonds. The third-order valence-electron chi connectivity index (χ3n) is 3.44. The molecule has 100 valence electrons. The van der Waals surface area contributed by atoms with Gasteiger partial charge < -0.3 is 4.74 Å². The zero-order valence-electron chi connectivity index (χ0n) is 11.7. The van der Waals surface area contributed by atoms with Gasteiger partial charge in [-0.2, -0.15) is 0 Å². The molecule has 1 rings (SSSR count). The molecule has 0 heterocycles. The van der Waals surface area contributed by atoms with Crippen molar-refractivity contribution < 1.29 is 13.9 Å². The molecule has 0 spiro atoms. The zero-order valence-corrected chi connectivity index (χ0v) is 11.7. The van der Waals surface area contributed by atoms with Gasteiger partial charge in [-0.3, -0.25) is 4.79 Å². The van der Waals surface area contributed by atoms with Crippen LogP contribution in [0.2, 0.25) is 0 Å². The number of hydrogen-bond donors (Lipinski definition) is 0. The molecular weight excluding hydrogens is 231 g/mol. The Kier molecular flexibility index (Phi) is 4.49. The Morgan fingerprint density at radius 1 is 1.39 bits per heavy atom. The van der Waals surface area contributed by atoms with Crippen LogP contribution in [0.25, 0.3) is 0 Å². The van der Waals surface area contributed by atoms with E-state index in [0.717, 1.165) is 0 Å². The monoisotopic (exact) mass is 252 g/mol. The predicted octanol–water partition coefficient (Wildman–Crippen LogP) is 4.09. The van der Waals surface area contributed by atoms with Crippen molar-refractivity contribution in [2.45, 2.75) is 34.1 Å². The molecule has 1 aromatic rings. The van der Waals surface area contributed by atoms with Gasteiger partial charge in [-0.15, -0.1) is 0 Å². The molecule has 0 aliphatic heterocycles. The van der Waals surface area contributed by atoms with E-state index in [1.807, 2.05) is 6.92 Å².